The highest BCUT2D eigenvalue weighted by atomic mass is 16.4. The molecule has 14 heteroatoms. The Morgan fingerprint density at radius 3 is 2.07 bits per heavy atom. The number of unbranched alkanes of at least 4 members (excludes halogenated alkanes) is 8. The van der Waals surface area contributed by atoms with Gasteiger partial charge in [-0.1, -0.05) is 51.2 Å². The first-order chi connectivity index (χ1) is 22.0. The molecule has 0 saturated carbocycles. The topological polar surface area (TPSA) is 230 Å². The van der Waals surface area contributed by atoms with E-state index in [9.17, 15) is 29.1 Å². The molecule has 0 spiro atoms. The van der Waals surface area contributed by atoms with E-state index >= 15 is 0 Å². The molecule has 46 heavy (non-hydrogen) atoms. The summed E-state index contributed by atoms with van der Waals surface area (Å²) >= 11 is 0. The molecule has 1 rings (SSSR count). The Bertz CT molecular complexity index is 1090. The number of aromatic nitrogens is 1. The number of hydrogen-bond donors (Lipinski definition) is 7. The van der Waals surface area contributed by atoms with Gasteiger partial charge < -0.3 is 37.6 Å². The molecule has 0 unspecified atom stereocenters. The summed E-state index contributed by atoms with van der Waals surface area (Å²) in [6.45, 7) is 5.75. The molecular formula is C32H53N7O7. The van der Waals surface area contributed by atoms with Crippen molar-refractivity contribution in [2.24, 2.45) is 11.5 Å². The first-order valence-electron chi connectivity index (χ1n) is 16.1. The van der Waals surface area contributed by atoms with Crippen LogP contribution in [-0.2, 0) is 30.5 Å². The zero-order chi connectivity index (χ0) is 34.2. The van der Waals surface area contributed by atoms with E-state index in [1.54, 1.807) is 6.20 Å². The lowest BCUT2D eigenvalue weighted by atomic mass is 10.1. The summed E-state index contributed by atoms with van der Waals surface area (Å²) in [6.07, 6.45) is 11.6. The van der Waals surface area contributed by atoms with Crippen molar-refractivity contribution in [2.45, 2.75) is 109 Å². The van der Waals surface area contributed by atoms with Gasteiger partial charge >= 0.3 is 11.9 Å². The minimum atomic E-state index is -1.10. The highest BCUT2D eigenvalue weighted by molar-refractivity contribution is 5.81. The van der Waals surface area contributed by atoms with Crippen molar-refractivity contribution in [3.8, 4) is 0 Å². The predicted octanol–water partition coefficient (Wildman–Crippen LogP) is 1.99. The molecule has 0 aromatic carbocycles. The van der Waals surface area contributed by atoms with Gasteiger partial charge in [-0.15, -0.1) is 0 Å². The molecule has 9 N–H and O–H groups in total. The molecule has 1 aromatic rings. The Kier molecular flexibility index (Phi) is 20.9. The number of primary amides is 2. The van der Waals surface area contributed by atoms with E-state index in [-0.39, 0.29) is 43.4 Å². The molecule has 3 amide bonds. The van der Waals surface area contributed by atoms with Crippen molar-refractivity contribution in [1.29, 1.82) is 0 Å². The number of carboxylic acids is 2. The molecular weight excluding hydrogens is 594 g/mol. The Morgan fingerprint density at radius 2 is 1.48 bits per heavy atom. The highest BCUT2D eigenvalue weighted by Crippen LogP contribution is 2.11. The predicted molar refractivity (Wildman–Crippen MR) is 174 cm³/mol. The third kappa shape index (κ3) is 20.7. The van der Waals surface area contributed by atoms with Crippen molar-refractivity contribution in [3.63, 3.8) is 0 Å². The molecule has 0 saturated heterocycles. The van der Waals surface area contributed by atoms with Gasteiger partial charge in [0.15, 0.2) is 0 Å². The fourth-order valence-electron chi connectivity index (χ4n) is 4.90. The summed E-state index contributed by atoms with van der Waals surface area (Å²) in [5.41, 5.74) is 11.6. The van der Waals surface area contributed by atoms with Crippen LogP contribution in [0.25, 0.3) is 0 Å². The fraction of sp³-hybridized carbons (Fsp3) is 0.625. The van der Waals surface area contributed by atoms with Gasteiger partial charge in [-0.3, -0.25) is 29.1 Å². The van der Waals surface area contributed by atoms with E-state index in [1.165, 1.54) is 0 Å². The van der Waals surface area contributed by atoms with Gasteiger partial charge in [0.2, 0.25) is 17.7 Å². The maximum absolute atomic E-state index is 12.1. The molecule has 0 aliphatic heterocycles. The molecule has 0 bridgehead atoms. The van der Waals surface area contributed by atoms with Crippen molar-refractivity contribution in [2.75, 3.05) is 19.6 Å². The Balaban J connectivity index is 2.10. The monoisotopic (exact) mass is 647 g/mol. The Morgan fingerprint density at radius 1 is 0.826 bits per heavy atom. The maximum Gasteiger partial charge on any atom is 0.326 e. The fourth-order valence-corrected chi connectivity index (χ4v) is 4.90. The summed E-state index contributed by atoms with van der Waals surface area (Å²) in [4.78, 5) is 63.8. The lowest BCUT2D eigenvalue weighted by molar-refractivity contribution is -0.139. The number of nitrogens with zero attached hydrogens (tertiary/aromatic N) is 2. The number of aliphatic carboxylic acids is 2. The molecule has 0 aliphatic rings. The lowest BCUT2D eigenvalue weighted by Gasteiger charge is -2.22. The SMILES string of the molecule is C=C(N[C@@H](CCC(=O)O)C(N)=O)N[C@@H](CCCCNC(=O)CCCCCCCCCCN(CC(N)=O)Cc1ccccn1)C(=O)O. The van der Waals surface area contributed by atoms with Gasteiger partial charge in [0.1, 0.15) is 12.1 Å². The van der Waals surface area contributed by atoms with E-state index in [0.717, 1.165) is 63.6 Å². The molecule has 0 aliphatic carbocycles. The minimum Gasteiger partial charge on any atom is -0.481 e. The first-order valence-corrected chi connectivity index (χ1v) is 16.1. The van der Waals surface area contributed by atoms with E-state index in [1.807, 2.05) is 23.1 Å². The summed E-state index contributed by atoms with van der Waals surface area (Å²) in [5.74, 6) is -3.24. The van der Waals surface area contributed by atoms with E-state index < -0.39 is 29.9 Å². The standard InChI is InChI=1S/C32H53N7O7/c1-24(37-26(31(34)44)17-18-30(42)43)38-27(32(45)46)15-10-12-20-36-29(41)16-8-6-4-2-3-5-7-13-21-39(23-28(33)40)22-25-14-9-11-19-35-25/h9,11,14,19,26-27,37-38H,1-8,10,12-13,15-18,20-23H2,(H2,33,40)(H2,34,44)(H,36,41)(H,42,43)(H,45,46)/t26-,27-/m0/s1. The van der Waals surface area contributed by atoms with Gasteiger partial charge in [0, 0.05) is 32.1 Å². The van der Waals surface area contributed by atoms with Crippen LogP contribution >= 0.6 is 0 Å². The molecule has 0 fully saturated rings. The number of carbonyl (C=O) groups is 5. The van der Waals surface area contributed by atoms with Gasteiger partial charge in [0.25, 0.3) is 0 Å². The van der Waals surface area contributed by atoms with E-state index in [4.69, 9.17) is 16.6 Å². The molecule has 14 nitrogen and oxygen atoms in total. The molecule has 2 atom stereocenters. The highest BCUT2D eigenvalue weighted by Gasteiger charge is 2.21. The smallest absolute Gasteiger partial charge is 0.326 e. The Hall–Kier alpha value is -4.20. The van der Waals surface area contributed by atoms with Crippen LogP contribution in [0.15, 0.2) is 36.8 Å². The average Bonchev–Trinajstić information content (AvgIpc) is 2.99. The van der Waals surface area contributed by atoms with Crippen LogP contribution in [0, 0.1) is 0 Å². The number of amides is 3. The van der Waals surface area contributed by atoms with Crippen LogP contribution in [0.4, 0.5) is 0 Å². The second-order valence-corrected chi connectivity index (χ2v) is 11.5. The number of hydrogen-bond acceptors (Lipinski definition) is 9. The van der Waals surface area contributed by atoms with E-state index in [0.29, 0.717) is 32.4 Å². The maximum atomic E-state index is 12.1. The van der Waals surface area contributed by atoms with Crippen molar-refractivity contribution < 1.29 is 34.2 Å². The average molecular weight is 648 g/mol. The Labute approximate surface area is 271 Å². The van der Waals surface area contributed by atoms with Gasteiger partial charge in [-0.2, -0.15) is 0 Å². The van der Waals surface area contributed by atoms with Gasteiger partial charge in [-0.05, 0) is 57.2 Å². The van der Waals surface area contributed by atoms with Gasteiger partial charge in [0.05, 0.1) is 18.1 Å². The number of nitrogens with two attached hydrogens (primary N) is 2. The third-order valence-corrected chi connectivity index (χ3v) is 7.35. The second-order valence-electron chi connectivity index (χ2n) is 11.5. The second kappa shape index (κ2) is 24.1. The molecule has 1 heterocycles. The van der Waals surface area contributed by atoms with Crippen molar-refractivity contribution in [1.82, 2.24) is 25.8 Å². The number of pyridine rings is 1. The molecule has 258 valence electrons. The molecule has 1 aromatic heterocycles. The number of carboxylic acid groups (broad SMARTS) is 2. The van der Waals surface area contributed by atoms with Crippen LogP contribution < -0.4 is 27.4 Å². The summed E-state index contributed by atoms with van der Waals surface area (Å²) in [6, 6.07) is 3.77. The normalized spacial score (nSPS) is 12.2. The third-order valence-electron chi connectivity index (χ3n) is 7.35. The lowest BCUT2D eigenvalue weighted by Crippen LogP contribution is -2.47. The van der Waals surface area contributed by atoms with Crippen LogP contribution in [-0.4, -0.2) is 81.5 Å². The zero-order valence-electron chi connectivity index (χ0n) is 26.9. The van der Waals surface area contributed by atoms with E-state index in [2.05, 4.69) is 27.5 Å². The summed E-state index contributed by atoms with van der Waals surface area (Å²) in [7, 11) is 0. The first kappa shape index (κ1) is 39.8. The van der Waals surface area contributed by atoms with Crippen LogP contribution in [0.3, 0.4) is 0 Å². The quantitative estimate of drug-likeness (QED) is 0.0622. The minimum absolute atomic E-state index is 0.0180. The summed E-state index contributed by atoms with van der Waals surface area (Å²) < 4.78 is 0. The van der Waals surface area contributed by atoms with Crippen LogP contribution in [0.2, 0.25) is 0 Å². The summed E-state index contributed by atoms with van der Waals surface area (Å²) in [5, 5.41) is 26.5. The largest absolute Gasteiger partial charge is 0.481 e. The zero-order valence-corrected chi connectivity index (χ0v) is 26.9. The molecule has 0 radical (unpaired) electrons. The number of nitrogens with one attached hydrogen (secondary N) is 3. The van der Waals surface area contributed by atoms with Crippen molar-refractivity contribution >= 4 is 29.7 Å². The number of rotatable bonds is 29. The van der Waals surface area contributed by atoms with Crippen LogP contribution in [0.5, 0.6) is 0 Å². The number of carbonyl (C=O) groups excluding carboxylic acids is 3. The van der Waals surface area contributed by atoms with Gasteiger partial charge in [-0.25, -0.2) is 4.79 Å². The van der Waals surface area contributed by atoms with Crippen LogP contribution in [0.1, 0.15) is 95.6 Å². The van der Waals surface area contributed by atoms with Crippen molar-refractivity contribution in [3.05, 3.63) is 42.5 Å².